The van der Waals surface area contributed by atoms with Crippen molar-refractivity contribution >= 4 is 17.3 Å². The Balaban J connectivity index is 1.91. The van der Waals surface area contributed by atoms with Crippen LogP contribution in [0.15, 0.2) is 48.5 Å². The molecule has 2 aliphatic rings. The Bertz CT molecular complexity index is 755. The van der Waals surface area contributed by atoms with Crippen molar-refractivity contribution in [1.82, 2.24) is 0 Å². The van der Waals surface area contributed by atoms with Crippen molar-refractivity contribution in [1.29, 1.82) is 0 Å². The molecule has 0 saturated carbocycles. The minimum Gasteiger partial charge on any atom is -0.377 e. The molecule has 2 aliphatic heterocycles. The van der Waals surface area contributed by atoms with Crippen LogP contribution in [0.25, 0.3) is 0 Å². The Hall–Kier alpha value is -2.29. The second kappa shape index (κ2) is 4.60. The van der Waals surface area contributed by atoms with Gasteiger partial charge in [0.15, 0.2) is 0 Å². The Morgan fingerprint density at radius 1 is 1.00 bits per heavy atom. The number of benzene rings is 2. The van der Waals surface area contributed by atoms with Gasteiger partial charge in [-0.05, 0) is 42.5 Å². The summed E-state index contributed by atoms with van der Waals surface area (Å²) in [6.45, 7) is 4.29. The highest BCUT2D eigenvalue weighted by Crippen LogP contribution is 2.52. The number of anilines is 2. The molecule has 0 spiro atoms. The molecule has 2 aromatic carbocycles. The second-order valence-electron chi connectivity index (χ2n) is 6.73. The lowest BCUT2D eigenvalue weighted by Gasteiger charge is -2.41. The summed E-state index contributed by atoms with van der Waals surface area (Å²) in [6, 6.07) is 16.5. The molecule has 0 fully saturated rings. The number of amides is 1. The Labute approximate surface area is 130 Å². The normalized spacial score (nSPS) is 29.3. The third-order valence-electron chi connectivity index (χ3n) is 5.20. The quantitative estimate of drug-likeness (QED) is 0.760. The van der Waals surface area contributed by atoms with Crippen LogP contribution in [0.2, 0.25) is 0 Å². The topological polar surface area (TPSA) is 41.1 Å². The number of carbonyl (C=O) groups is 1. The van der Waals surface area contributed by atoms with Gasteiger partial charge in [0.25, 0.3) is 0 Å². The highest BCUT2D eigenvalue weighted by atomic mass is 16.2. The van der Waals surface area contributed by atoms with Gasteiger partial charge in [0.1, 0.15) is 0 Å². The second-order valence-corrected chi connectivity index (χ2v) is 6.73. The molecular weight excluding hydrogens is 272 g/mol. The van der Waals surface area contributed by atoms with E-state index in [2.05, 4.69) is 54.8 Å². The van der Waals surface area contributed by atoms with Gasteiger partial charge in [-0.15, -0.1) is 0 Å². The summed E-state index contributed by atoms with van der Waals surface area (Å²) < 4.78 is 0. The van der Waals surface area contributed by atoms with Crippen LogP contribution in [-0.2, 0) is 4.79 Å². The van der Waals surface area contributed by atoms with E-state index in [0.717, 1.165) is 17.8 Å². The summed E-state index contributed by atoms with van der Waals surface area (Å²) >= 11 is 0. The first kappa shape index (κ1) is 13.4. The Kier molecular flexibility index (Phi) is 2.80. The summed E-state index contributed by atoms with van der Waals surface area (Å²) in [7, 11) is 0. The number of hydrogen-bond donors (Lipinski definition) is 2. The molecule has 3 nitrogen and oxygen atoms in total. The first-order valence-corrected chi connectivity index (χ1v) is 7.85. The van der Waals surface area contributed by atoms with Gasteiger partial charge >= 0.3 is 0 Å². The smallest absolute Gasteiger partial charge is 0.232 e. The van der Waals surface area contributed by atoms with E-state index < -0.39 is 5.41 Å². The molecule has 1 unspecified atom stereocenters. The number of nitrogens with one attached hydrogen (secondary N) is 2. The standard InChI is InChI=1S/C19H20N2O/c1-12-11-19(2)17(20-15-9-5-3-7-13(12)15)14-8-4-6-10-16(14)21-18(19)22/h3-10,12,17,20H,11H2,1-2H3,(H,21,22)/t12?,17-,19-/m0/s1. The van der Waals surface area contributed by atoms with Crippen molar-refractivity contribution < 1.29 is 4.79 Å². The first-order valence-electron chi connectivity index (χ1n) is 7.85. The zero-order chi connectivity index (χ0) is 15.3. The van der Waals surface area contributed by atoms with Crippen molar-refractivity contribution in [3.8, 4) is 0 Å². The maximum atomic E-state index is 12.8. The van der Waals surface area contributed by atoms with Crippen LogP contribution in [0.3, 0.4) is 0 Å². The van der Waals surface area contributed by atoms with Crippen LogP contribution in [0.1, 0.15) is 43.4 Å². The number of para-hydroxylation sites is 2. The zero-order valence-electron chi connectivity index (χ0n) is 12.9. The largest absolute Gasteiger partial charge is 0.377 e. The van der Waals surface area contributed by atoms with Crippen LogP contribution in [0.4, 0.5) is 11.4 Å². The van der Waals surface area contributed by atoms with Crippen LogP contribution in [0.5, 0.6) is 0 Å². The monoisotopic (exact) mass is 292 g/mol. The summed E-state index contributed by atoms with van der Waals surface area (Å²) in [6.07, 6.45) is 0.835. The summed E-state index contributed by atoms with van der Waals surface area (Å²) in [4.78, 5) is 12.8. The molecule has 3 heteroatoms. The first-order chi connectivity index (χ1) is 10.6. The van der Waals surface area contributed by atoms with Gasteiger partial charge in [-0.25, -0.2) is 0 Å². The fraction of sp³-hybridized carbons (Fsp3) is 0.316. The maximum Gasteiger partial charge on any atom is 0.232 e. The van der Waals surface area contributed by atoms with Crippen molar-refractivity contribution in [2.45, 2.75) is 32.2 Å². The lowest BCUT2D eigenvalue weighted by molar-refractivity contribution is -0.126. The fourth-order valence-corrected chi connectivity index (χ4v) is 4.01. The molecule has 0 radical (unpaired) electrons. The van der Waals surface area contributed by atoms with Gasteiger partial charge in [-0.2, -0.15) is 0 Å². The van der Waals surface area contributed by atoms with E-state index in [1.165, 1.54) is 11.1 Å². The van der Waals surface area contributed by atoms with Gasteiger partial charge < -0.3 is 10.6 Å². The third kappa shape index (κ3) is 1.78. The molecule has 1 amide bonds. The van der Waals surface area contributed by atoms with E-state index in [0.29, 0.717) is 5.92 Å². The van der Waals surface area contributed by atoms with Gasteiger partial charge in [0.2, 0.25) is 5.91 Å². The number of rotatable bonds is 0. The van der Waals surface area contributed by atoms with E-state index in [-0.39, 0.29) is 11.9 Å². The van der Waals surface area contributed by atoms with Crippen molar-refractivity contribution in [2.75, 3.05) is 10.6 Å². The van der Waals surface area contributed by atoms with E-state index in [9.17, 15) is 4.79 Å². The lowest BCUT2D eigenvalue weighted by atomic mass is 9.70. The minimum absolute atomic E-state index is 0.00329. The average molecular weight is 292 g/mol. The predicted octanol–water partition coefficient (Wildman–Crippen LogP) is 4.31. The lowest BCUT2D eigenvalue weighted by Crippen LogP contribution is -2.45. The van der Waals surface area contributed by atoms with Gasteiger partial charge in [-0.1, -0.05) is 43.3 Å². The molecule has 0 bridgehead atoms. The van der Waals surface area contributed by atoms with Crippen LogP contribution >= 0.6 is 0 Å². The van der Waals surface area contributed by atoms with E-state index in [1.807, 2.05) is 18.2 Å². The number of hydrogen-bond acceptors (Lipinski definition) is 2. The van der Waals surface area contributed by atoms with E-state index >= 15 is 0 Å². The SMILES string of the molecule is CC1C[C@]2(C)C(=O)Nc3ccccc3[C@@H]2Nc2ccccc21. The number of fused-ring (bicyclic) bond motifs is 4. The maximum absolute atomic E-state index is 12.8. The van der Waals surface area contributed by atoms with Crippen LogP contribution < -0.4 is 10.6 Å². The van der Waals surface area contributed by atoms with Gasteiger partial charge in [-0.3, -0.25) is 4.79 Å². The molecule has 0 aromatic heterocycles. The highest BCUT2D eigenvalue weighted by Gasteiger charge is 2.48. The predicted molar refractivity (Wildman–Crippen MR) is 89.0 cm³/mol. The van der Waals surface area contributed by atoms with Crippen molar-refractivity contribution in [3.05, 3.63) is 59.7 Å². The zero-order valence-corrected chi connectivity index (χ0v) is 12.9. The molecule has 3 atom stereocenters. The van der Waals surface area contributed by atoms with E-state index in [4.69, 9.17) is 0 Å². The van der Waals surface area contributed by atoms with Crippen molar-refractivity contribution in [3.63, 3.8) is 0 Å². The van der Waals surface area contributed by atoms with E-state index in [1.54, 1.807) is 0 Å². The molecular formula is C19H20N2O. The van der Waals surface area contributed by atoms with Gasteiger partial charge in [0.05, 0.1) is 11.5 Å². The highest BCUT2D eigenvalue weighted by molar-refractivity contribution is 5.99. The molecule has 0 saturated heterocycles. The molecule has 4 rings (SSSR count). The summed E-state index contributed by atoms with van der Waals surface area (Å²) in [5.41, 5.74) is 4.09. The molecule has 0 aliphatic carbocycles. The Morgan fingerprint density at radius 3 is 2.41 bits per heavy atom. The van der Waals surface area contributed by atoms with Crippen LogP contribution in [-0.4, -0.2) is 5.91 Å². The molecule has 2 heterocycles. The molecule has 22 heavy (non-hydrogen) atoms. The summed E-state index contributed by atoms with van der Waals surface area (Å²) in [5, 5.41) is 6.75. The van der Waals surface area contributed by atoms with Gasteiger partial charge in [0, 0.05) is 11.4 Å². The summed E-state index contributed by atoms with van der Waals surface area (Å²) in [5.74, 6) is 0.457. The number of carbonyl (C=O) groups excluding carboxylic acids is 1. The Morgan fingerprint density at radius 2 is 1.64 bits per heavy atom. The molecule has 2 aromatic rings. The van der Waals surface area contributed by atoms with Crippen LogP contribution in [0, 0.1) is 5.41 Å². The average Bonchev–Trinajstić information content (AvgIpc) is 2.63. The third-order valence-corrected chi connectivity index (χ3v) is 5.20. The van der Waals surface area contributed by atoms with Crippen molar-refractivity contribution in [2.24, 2.45) is 5.41 Å². The molecule has 112 valence electrons. The molecule has 2 N–H and O–H groups in total. The minimum atomic E-state index is -0.452. The fourth-order valence-electron chi connectivity index (χ4n) is 4.01.